The standard InChI is InChI=1S/C31H31N3O4/c1-21-7-4-5-9-27(21)33-30(38)32-25-16-12-23(13-17-25)26-8-6-18-34(29(26)37)20-22-10-14-24(15-11-22)31(2,3)19-28(35)36/h4-18H,19-20H2,1-3H3,(H,35,36)(H2,32,33,38). The van der Waals surface area contributed by atoms with Crippen LogP contribution in [0, 0.1) is 6.92 Å². The lowest BCUT2D eigenvalue weighted by Gasteiger charge is -2.23. The number of anilines is 2. The van der Waals surface area contributed by atoms with Crippen LogP contribution >= 0.6 is 0 Å². The summed E-state index contributed by atoms with van der Waals surface area (Å²) in [5.74, 6) is -0.836. The first-order valence-corrected chi connectivity index (χ1v) is 12.4. The number of pyridine rings is 1. The number of hydrogen-bond acceptors (Lipinski definition) is 3. The van der Waals surface area contributed by atoms with Gasteiger partial charge in [-0.25, -0.2) is 4.79 Å². The molecule has 2 amide bonds. The molecule has 0 saturated heterocycles. The van der Waals surface area contributed by atoms with Crippen molar-refractivity contribution in [2.24, 2.45) is 0 Å². The maximum atomic E-state index is 13.2. The monoisotopic (exact) mass is 509 g/mol. The maximum Gasteiger partial charge on any atom is 0.323 e. The van der Waals surface area contributed by atoms with E-state index in [0.29, 0.717) is 17.8 Å². The summed E-state index contributed by atoms with van der Waals surface area (Å²) in [6.07, 6.45) is 1.79. The third-order valence-corrected chi connectivity index (χ3v) is 6.55. The van der Waals surface area contributed by atoms with E-state index in [1.807, 2.05) is 87.5 Å². The lowest BCUT2D eigenvalue weighted by Crippen LogP contribution is -2.22. The fourth-order valence-electron chi connectivity index (χ4n) is 4.35. The zero-order chi connectivity index (χ0) is 27.3. The second-order valence-corrected chi connectivity index (χ2v) is 9.98. The van der Waals surface area contributed by atoms with E-state index < -0.39 is 11.4 Å². The topological polar surface area (TPSA) is 100 Å². The third kappa shape index (κ3) is 6.37. The van der Waals surface area contributed by atoms with Crippen LogP contribution in [0.1, 0.15) is 37.0 Å². The molecule has 1 aromatic heterocycles. The minimum absolute atomic E-state index is 0.0412. The Labute approximate surface area is 221 Å². The molecule has 1 heterocycles. The van der Waals surface area contributed by atoms with E-state index >= 15 is 0 Å². The minimum atomic E-state index is -0.836. The number of hydrogen-bond donors (Lipinski definition) is 3. The summed E-state index contributed by atoms with van der Waals surface area (Å²) in [6, 6.07) is 25.7. The van der Waals surface area contributed by atoms with Crippen LogP contribution in [0.5, 0.6) is 0 Å². The van der Waals surface area contributed by atoms with Gasteiger partial charge in [0.15, 0.2) is 0 Å². The van der Waals surface area contributed by atoms with E-state index in [4.69, 9.17) is 5.11 Å². The van der Waals surface area contributed by atoms with Crippen molar-refractivity contribution in [2.75, 3.05) is 10.6 Å². The number of nitrogens with zero attached hydrogens (tertiary/aromatic N) is 1. The molecule has 3 N–H and O–H groups in total. The number of benzene rings is 3. The molecule has 4 aromatic rings. The normalized spacial score (nSPS) is 11.1. The molecule has 0 aliphatic heterocycles. The summed E-state index contributed by atoms with van der Waals surface area (Å²) < 4.78 is 1.65. The zero-order valence-corrected chi connectivity index (χ0v) is 21.7. The molecular weight excluding hydrogens is 478 g/mol. The summed E-state index contributed by atoms with van der Waals surface area (Å²) >= 11 is 0. The highest BCUT2D eigenvalue weighted by molar-refractivity contribution is 6.00. The van der Waals surface area contributed by atoms with Crippen molar-refractivity contribution in [2.45, 2.75) is 39.2 Å². The number of nitrogens with one attached hydrogen (secondary N) is 2. The molecule has 0 saturated carbocycles. The van der Waals surface area contributed by atoms with Gasteiger partial charge >= 0.3 is 12.0 Å². The molecule has 38 heavy (non-hydrogen) atoms. The first-order chi connectivity index (χ1) is 18.1. The Balaban J connectivity index is 1.45. The number of carbonyl (C=O) groups excluding carboxylic acids is 1. The van der Waals surface area contributed by atoms with E-state index in [2.05, 4.69) is 10.6 Å². The van der Waals surface area contributed by atoms with Crippen molar-refractivity contribution in [1.82, 2.24) is 4.57 Å². The Morgan fingerprint density at radius 3 is 2.21 bits per heavy atom. The summed E-state index contributed by atoms with van der Waals surface area (Å²) in [5.41, 5.74) is 4.90. The van der Waals surface area contributed by atoms with Crippen LogP contribution in [0.2, 0.25) is 0 Å². The van der Waals surface area contributed by atoms with Crippen LogP contribution < -0.4 is 16.2 Å². The molecule has 3 aromatic carbocycles. The molecule has 7 nitrogen and oxygen atoms in total. The average Bonchev–Trinajstić information content (AvgIpc) is 2.87. The SMILES string of the molecule is Cc1ccccc1NC(=O)Nc1ccc(-c2cccn(Cc3ccc(C(C)(C)CC(=O)O)cc3)c2=O)cc1. The van der Waals surface area contributed by atoms with Gasteiger partial charge < -0.3 is 20.3 Å². The van der Waals surface area contributed by atoms with Gasteiger partial charge in [-0.3, -0.25) is 9.59 Å². The molecule has 0 bridgehead atoms. The molecule has 0 fully saturated rings. The predicted octanol–water partition coefficient (Wildman–Crippen LogP) is 6.27. The molecular formula is C31H31N3O4. The van der Waals surface area contributed by atoms with Gasteiger partial charge in [-0.1, -0.05) is 68.4 Å². The van der Waals surface area contributed by atoms with Gasteiger partial charge in [0.2, 0.25) is 0 Å². The van der Waals surface area contributed by atoms with Gasteiger partial charge in [-0.05, 0) is 59.5 Å². The Kier molecular flexibility index (Phi) is 7.76. The smallest absolute Gasteiger partial charge is 0.323 e. The van der Waals surface area contributed by atoms with Crippen LogP contribution in [0.3, 0.4) is 0 Å². The van der Waals surface area contributed by atoms with Gasteiger partial charge in [0, 0.05) is 28.6 Å². The Morgan fingerprint density at radius 1 is 0.868 bits per heavy atom. The fraction of sp³-hybridized carbons (Fsp3) is 0.194. The maximum absolute atomic E-state index is 13.2. The Bertz CT molecular complexity index is 1500. The van der Waals surface area contributed by atoms with E-state index in [-0.39, 0.29) is 18.0 Å². The Morgan fingerprint density at radius 2 is 1.55 bits per heavy atom. The van der Waals surface area contributed by atoms with Crippen molar-refractivity contribution >= 4 is 23.4 Å². The van der Waals surface area contributed by atoms with Crippen LogP contribution in [0.4, 0.5) is 16.2 Å². The number of aryl methyl sites for hydroxylation is 1. The number of carboxylic acid groups (broad SMARTS) is 1. The highest BCUT2D eigenvalue weighted by Crippen LogP contribution is 2.27. The fourth-order valence-corrected chi connectivity index (χ4v) is 4.35. The van der Waals surface area contributed by atoms with Crippen LogP contribution in [0.25, 0.3) is 11.1 Å². The second-order valence-electron chi connectivity index (χ2n) is 9.98. The van der Waals surface area contributed by atoms with Crippen molar-refractivity contribution in [3.8, 4) is 11.1 Å². The molecule has 0 unspecified atom stereocenters. The van der Waals surface area contributed by atoms with Gasteiger partial charge in [-0.2, -0.15) is 0 Å². The Hall–Kier alpha value is -4.65. The first kappa shape index (κ1) is 26.4. The number of rotatable bonds is 8. The quantitative estimate of drug-likeness (QED) is 0.261. The number of carboxylic acids is 1. The van der Waals surface area contributed by atoms with Crippen LogP contribution in [-0.4, -0.2) is 21.7 Å². The molecule has 7 heteroatoms. The number of urea groups is 1. The molecule has 0 aliphatic rings. The lowest BCUT2D eigenvalue weighted by molar-refractivity contribution is -0.138. The van der Waals surface area contributed by atoms with Crippen LogP contribution in [0.15, 0.2) is 95.9 Å². The summed E-state index contributed by atoms with van der Waals surface area (Å²) in [4.78, 5) is 36.8. The van der Waals surface area contributed by atoms with Crippen molar-refractivity contribution in [1.29, 1.82) is 0 Å². The molecule has 0 radical (unpaired) electrons. The third-order valence-electron chi connectivity index (χ3n) is 6.55. The predicted molar refractivity (Wildman–Crippen MR) is 151 cm³/mol. The number of carbonyl (C=O) groups is 2. The average molecular weight is 510 g/mol. The lowest BCUT2D eigenvalue weighted by atomic mass is 9.81. The van der Waals surface area contributed by atoms with E-state index in [0.717, 1.165) is 27.9 Å². The van der Waals surface area contributed by atoms with E-state index in [1.165, 1.54) is 0 Å². The molecule has 194 valence electrons. The zero-order valence-electron chi connectivity index (χ0n) is 21.7. The number of aliphatic carboxylic acids is 1. The van der Waals surface area contributed by atoms with Gasteiger partial charge in [0.25, 0.3) is 5.56 Å². The second kappa shape index (κ2) is 11.2. The summed E-state index contributed by atoms with van der Waals surface area (Å²) in [6.45, 7) is 6.13. The largest absolute Gasteiger partial charge is 0.481 e. The van der Waals surface area contributed by atoms with E-state index in [1.54, 1.807) is 29.0 Å². The molecule has 0 aliphatic carbocycles. The van der Waals surface area contributed by atoms with Crippen LogP contribution in [-0.2, 0) is 16.8 Å². The summed E-state index contributed by atoms with van der Waals surface area (Å²) in [7, 11) is 0. The van der Waals surface area contributed by atoms with Crippen molar-refractivity contribution in [3.05, 3.63) is 118 Å². The number of para-hydroxylation sites is 1. The highest BCUT2D eigenvalue weighted by Gasteiger charge is 2.23. The highest BCUT2D eigenvalue weighted by atomic mass is 16.4. The van der Waals surface area contributed by atoms with Crippen molar-refractivity contribution in [3.63, 3.8) is 0 Å². The number of aromatic nitrogens is 1. The molecule has 0 spiro atoms. The number of amides is 2. The van der Waals surface area contributed by atoms with Gasteiger partial charge in [-0.15, -0.1) is 0 Å². The minimum Gasteiger partial charge on any atom is -0.481 e. The van der Waals surface area contributed by atoms with Gasteiger partial charge in [0.1, 0.15) is 0 Å². The summed E-state index contributed by atoms with van der Waals surface area (Å²) in [5, 5.41) is 14.8. The molecule has 4 rings (SSSR count). The van der Waals surface area contributed by atoms with Crippen molar-refractivity contribution < 1.29 is 14.7 Å². The van der Waals surface area contributed by atoms with E-state index in [9.17, 15) is 14.4 Å². The van der Waals surface area contributed by atoms with Gasteiger partial charge in [0.05, 0.1) is 13.0 Å². The first-order valence-electron chi connectivity index (χ1n) is 12.4. The molecule has 0 atom stereocenters.